The molecule has 0 fully saturated rings. The first-order valence-electron chi connectivity index (χ1n) is 7.97. The molecule has 3 N–H and O–H groups in total. The van der Waals surface area contributed by atoms with Crippen LogP contribution < -0.4 is 15.8 Å². The number of nitrogens with zero attached hydrogens (tertiary/aromatic N) is 1. The van der Waals surface area contributed by atoms with Gasteiger partial charge in [-0.15, -0.1) is 0 Å². The van der Waals surface area contributed by atoms with Crippen molar-refractivity contribution in [2.75, 3.05) is 26.0 Å². The van der Waals surface area contributed by atoms with Crippen molar-refractivity contribution < 1.29 is 19.1 Å². The zero-order chi connectivity index (χ0) is 19.1. The highest BCUT2D eigenvalue weighted by Crippen LogP contribution is 2.20. The molecular weight excluding hydrogens is 334 g/mol. The van der Waals surface area contributed by atoms with E-state index in [-0.39, 0.29) is 24.8 Å². The molecule has 0 radical (unpaired) electrons. The van der Waals surface area contributed by atoms with Gasteiger partial charge in [-0.1, -0.05) is 24.3 Å². The van der Waals surface area contributed by atoms with Gasteiger partial charge in [0, 0.05) is 19.8 Å². The standard InChI is InChI=1S/C19H21N3O4/c1-22(2)18(24)12-26-16-6-4-3-5-15(16)19(25)21-14-9-7-13(8-10-14)11-17(20)23/h3-10H,11-12H2,1-2H3,(H2,20,23)(H,21,25). The van der Waals surface area contributed by atoms with Gasteiger partial charge in [-0.25, -0.2) is 0 Å². The third-order valence-electron chi connectivity index (χ3n) is 3.57. The first-order valence-corrected chi connectivity index (χ1v) is 7.97. The number of para-hydroxylation sites is 1. The molecule has 0 aliphatic rings. The Morgan fingerprint density at radius 2 is 1.69 bits per heavy atom. The van der Waals surface area contributed by atoms with Crippen molar-refractivity contribution >= 4 is 23.4 Å². The Hall–Kier alpha value is -3.35. The summed E-state index contributed by atoms with van der Waals surface area (Å²) in [6.07, 6.45) is 0.144. The molecule has 26 heavy (non-hydrogen) atoms. The number of carbonyl (C=O) groups is 3. The lowest BCUT2D eigenvalue weighted by Gasteiger charge is -2.14. The van der Waals surface area contributed by atoms with Crippen molar-refractivity contribution in [2.24, 2.45) is 5.73 Å². The monoisotopic (exact) mass is 355 g/mol. The smallest absolute Gasteiger partial charge is 0.259 e. The van der Waals surface area contributed by atoms with E-state index in [4.69, 9.17) is 10.5 Å². The third-order valence-corrected chi connectivity index (χ3v) is 3.57. The molecule has 0 saturated carbocycles. The number of likely N-dealkylation sites (N-methyl/N-ethyl adjacent to an activating group) is 1. The fraction of sp³-hybridized carbons (Fsp3) is 0.211. The number of ether oxygens (including phenoxy) is 1. The Kier molecular flexibility index (Phi) is 6.32. The minimum absolute atomic E-state index is 0.144. The molecule has 0 heterocycles. The molecule has 3 amide bonds. The molecule has 0 spiro atoms. The maximum Gasteiger partial charge on any atom is 0.259 e. The lowest BCUT2D eigenvalue weighted by molar-refractivity contribution is -0.130. The SMILES string of the molecule is CN(C)C(=O)COc1ccccc1C(=O)Nc1ccc(CC(N)=O)cc1. The van der Waals surface area contributed by atoms with Crippen molar-refractivity contribution in [1.82, 2.24) is 4.90 Å². The first kappa shape index (κ1) is 19.0. The molecule has 2 aromatic carbocycles. The van der Waals surface area contributed by atoms with E-state index in [1.165, 1.54) is 4.90 Å². The van der Waals surface area contributed by atoms with E-state index in [9.17, 15) is 14.4 Å². The second-order valence-corrected chi connectivity index (χ2v) is 5.87. The largest absolute Gasteiger partial charge is 0.483 e. The average molecular weight is 355 g/mol. The van der Waals surface area contributed by atoms with Crippen molar-refractivity contribution in [3.8, 4) is 5.75 Å². The number of amides is 3. The zero-order valence-corrected chi connectivity index (χ0v) is 14.7. The Bertz CT molecular complexity index is 801. The number of primary amides is 1. The van der Waals surface area contributed by atoms with Gasteiger partial charge in [-0.05, 0) is 29.8 Å². The molecule has 0 aliphatic carbocycles. The van der Waals surface area contributed by atoms with Crippen LogP contribution in [-0.2, 0) is 16.0 Å². The molecular formula is C19H21N3O4. The highest BCUT2D eigenvalue weighted by atomic mass is 16.5. The van der Waals surface area contributed by atoms with Gasteiger partial charge in [0.1, 0.15) is 5.75 Å². The Morgan fingerprint density at radius 1 is 1.04 bits per heavy atom. The van der Waals surface area contributed by atoms with Crippen LogP contribution in [0.25, 0.3) is 0 Å². The molecule has 0 aromatic heterocycles. The van der Waals surface area contributed by atoms with Crippen molar-refractivity contribution in [3.63, 3.8) is 0 Å². The summed E-state index contributed by atoms with van der Waals surface area (Å²) in [5, 5.41) is 2.76. The molecule has 0 aliphatic heterocycles. The van der Waals surface area contributed by atoms with Gasteiger partial charge in [-0.3, -0.25) is 14.4 Å². The number of benzene rings is 2. The summed E-state index contributed by atoms with van der Waals surface area (Å²) in [6.45, 7) is -0.154. The lowest BCUT2D eigenvalue weighted by Crippen LogP contribution is -2.28. The van der Waals surface area contributed by atoms with Crippen LogP contribution in [0.2, 0.25) is 0 Å². The van der Waals surface area contributed by atoms with Gasteiger partial charge in [-0.2, -0.15) is 0 Å². The summed E-state index contributed by atoms with van der Waals surface area (Å²) in [4.78, 5) is 36.5. The highest BCUT2D eigenvalue weighted by Gasteiger charge is 2.14. The van der Waals surface area contributed by atoms with Gasteiger partial charge in [0.05, 0.1) is 12.0 Å². The number of hydrogen-bond donors (Lipinski definition) is 2. The molecule has 7 heteroatoms. The number of nitrogens with two attached hydrogens (primary N) is 1. The van der Waals surface area contributed by atoms with Crippen LogP contribution in [0, 0.1) is 0 Å². The number of carbonyl (C=O) groups excluding carboxylic acids is 3. The van der Waals surface area contributed by atoms with Gasteiger partial charge >= 0.3 is 0 Å². The fourth-order valence-electron chi connectivity index (χ4n) is 2.15. The molecule has 0 bridgehead atoms. The molecule has 2 rings (SSSR count). The fourth-order valence-corrected chi connectivity index (χ4v) is 2.15. The van der Waals surface area contributed by atoms with E-state index in [1.54, 1.807) is 62.6 Å². The van der Waals surface area contributed by atoms with Crippen LogP contribution in [0.5, 0.6) is 5.75 Å². The Labute approximate surface area is 151 Å². The second-order valence-electron chi connectivity index (χ2n) is 5.87. The van der Waals surface area contributed by atoms with Gasteiger partial charge in [0.2, 0.25) is 5.91 Å². The maximum absolute atomic E-state index is 12.5. The van der Waals surface area contributed by atoms with Crippen molar-refractivity contribution in [2.45, 2.75) is 6.42 Å². The summed E-state index contributed by atoms with van der Waals surface area (Å²) in [5.41, 5.74) is 6.81. The number of rotatable bonds is 7. The maximum atomic E-state index is 12.5. The third kappa shape index (κ3) is 5.34. The van der Waals surface area contributed by atoms with Crippen molar-refractivity contribution in [1.29, 1.82) is 0 Å². The molecule has 7 nitrogen and oxygen atoms in total. The summed E-state index contributed by atoms with van der Waals surface area (Å²) < 4.78 is 5.48. The second kappa shape index (κ2) is 8.66. The van der Waals surface area contributed by atoms with E-state index in [2.05, 4.69) is 5.32 Å². The van der Waals surface area contributed by atoms with Gasteiger partial charge in [0.25, 0.3) is 11.8 Å². The summed E-state index contributed by atoms with van der Waals surface area (Å²) in [7, 11) is 3.26. The van der Waals surface area contributed by atoms with Crippen LogP contribution in [0.4, 0.5) is 5.69 Å². The van der Waals surface area contributed by atoms with Gasteiger partial charge < -0.3 is 20.7 Å². The highest BCUT2D eigenvalue weighted by molar-refractivity contribution is 6.06. The zero-order valence-electron chi connectivity index (χ0n) is 14.7. The molecule has 0 saturated heterocycles. The van der Waals surface area contributed by atoms with E-state index < -0.39 is 5.91 Å². The normalized spacial score (nSPS) is 10.1. The van der Waals surface area contributed by atoms with Crippen molar-refractivity contribution in [3.05, 3.63) is 59.7 Å². The van der Waals surface area contributed by atoms with E-state index in [0.29, 0.717) is 17.0 Å². The van der Waals surface area contributed by atoms with E-state index in [1.807, 2.05) is 0 Å². The lowest BCUT2D eigenvalue weighted by atomic mass is 10.1. The molecule has 136 valence electrons. The number of anilines is 1. The Morgan fingerprint density at radius 3 is 2.31 bits per heavy atom. The summed E-state index contributed by atoms with van der Waals surface area (Å²) in [6, 6.07) is 13.5. The molecule has 0 atom stereocenters. The predicted molar refractivity (Wildman–Crippen MR) is 97.9 cm³/mol. The van der Waals surface area contributed by atoms with Crippen LogP contribution in [-0.4, -0.2) is 43.3 Å². The quantitative estimate of drug-likeness (QED) is 0.784. The van der Waals surface area contributed by atoms with E-state index in [0.717, 1.165) is 5.56 Å². The number of nitrogens with one attached hydrogen (secondary N) is 1. The molecule has 2 aromatic rings. The van der Waals surface area contributed by atoms with Gasteiger partial charge in [0.15, 0.2) is 6.61 Å². The average Bonchev–Trinajstić information content (AvgIpc) is 2.61. The van der Waals surface area contributed by atoms with Crippen LogP contribution in [0.15, 0.2) is 48.5 Å². The predicted octanol–water partition coefficient (Wildman–Crippen LogP) is 1.43. The minimum Gasteiger partial charge on any atom is -0.483 e. The van der Waals surface area contributed by atoms with Crippen LogP contribution in [0.1, 0.15) is 15.9 Å². The molecule has 0 unspecified atom stereocenters. The first-order chi connectivity index (χ1) is 12.4. The van der Waals surface area contributed by atoms with Crippen LogP contribution in [0.3, 0.4) is 0 Å². The summed E-state index contributed by atoms with van der Waals surface area (Å²) in [5.74, 6) is -0.656. The number of hydrogen-bond acceptors (Lipinski definition) is 4. The topological polar surface area (TPSA) is 102 Å². The Balaban J connectivity index is 2.07. The van der Waals surface area contributed by atoms with Crippen LogP contribution >= 0.6 is 0 Å². The van der Waals surface area contributed by atoms with E-state index >= 15 is 0 Å². The summed E-state index contributed by atoms with van der Waals surface area (Å²) >= 11 is 0. The minimum atomic E-state index is -0.417.